The SMILES string of the molecule is CCc1cc(-c2c(C)noc2C)cc(C(C)O)c1. The summed E-state index contributed by atoms with van der Waals surface area (Å²) in [5.41, 5.74) is 5.14. The minimum Gasteiger partial charge on any atom is -0.389 e. The normalized spacial score (nSPS) is 12.7. The van der Waals surface area contributed by atoms with Gasteiger partial charge >= 0.3 is 0 Å². The third-order valence-electron chi connectivity index (χ3n) is 3.23. The van der Waals surface area contributed by atoms with Crippen LogP contribution in [0, 0.1) is 13.8 Å². The number of aliphatic hydroxyl groups is 1. The number of aliphatic hydroxyl groups excluding tert-OH is 1. The van der Waals surface area contributed by atoms with E-state index in [2.05, 4.69) is 18.1 Å². The van der Waals surface area contributed by atoms with E-state index in [0.717, 1.165) is 34.6 Å². The Balaban J connectivity index is 2.60. The third kappa shape index (κ3) is 2.31. The van der Waals surface area contributed by atoms with E-state index in [1.807, 2.05) is 26.0 Å². The van der Waals surface area contributed by atoms with E-state index in [1.54, 1.807) is 6.92 Å². The van der Waals surface area contributed by atoms with Gasteiger partial charge in [-0.15, -0.1) is 0 Å². The van der Waals surface area contributed by atoms with Crippen molar-refractivity contribution < 1.29 is 9.63 Å². The van der Waals surface area contributed by atoms with E-state index in [0.29, 0.717) is 0 Å². The Labute approximate surface area is 107 Å². The maximum absolute atomic E-state index is 9.77. The molecule has 1 unspecified atom stereocenters. The van der Waals surface area contributed by atoms with Gasteiger partial charge in [0.25, 0.3) is 0 Å². The average molecular weight is 245 g/mol. The Morgan fingerprint density at radius 3 is 2.50 bits per heavy atom. The quantitative estimate of drug-likeness (QED) is 0.899. The molecule has 3 nitrogen and oxygen atoms in total. The van der Waals surface area contributed by atoms with Gasteiger partial charge in [0.1, 0.15) is 5.76 Å². The first-order valence-electron chi connectivity index (χ1n) is 6.28. The van der Waals surface area contributed by atoms with Gasteiger partial charge in [-0.3, -0.25) is 0 Å². The monoisotopic (exact) mass is 245 g/mol. The molecule has 1 aromatic heterocycles. The molecule has 1 N–H and O–H groups in total. The molecule has 0 amide bonds. The van der Waals surface area contributed by atoms with Crippen molar-refractivity contribution in [3.63, 3.8) is 0 Å². The van der Waals surface area contributed by atoms with Gasteiger partial charge < -0.3 is 9.63 Å². The van der Waals surface area contributed by atoms with Crippen LogP contribution in [0.3, 0.4) is 0 Å². The molecule has 0 radical (unpaired) electrons. The molecule has 1 heterocycles. The summed E-state index contributed by atoms with van der Waals surface area (Å²) in [4.78, 5) is 0. The summed E-state index contributed by atoms with van der Waals surface area (Å²) in [6.45, 7) is 7.74. The van der Waals surface area contributed by atoms with Gasteiger partial charge in [0.15, 0.2) is 0 Å². The van der Waals surface area contributed by atoms with Crippen LogP contribution in [0.4, 0.5) is 0 Å². The zero-order valence-electron chi connectivity index (χ0n) is 11.3. The van der Waals surface area contributed by atoms with Crippen LogP contribution in [0.2, 0.25) is 0 Å². The second-order valence-electron chi connectivity index (χ2n) is 4.69. The van der Waals surface area contributed by atoms with E-state index in [4.69, 9.17) is 4.52 Å². The average Bonchev–Trinajstić information content (AvgIpc) is 2.68. The summed E-state index contributed by atoms with van der Waals surface area (Å²) < 4.78 is 5.21. The maximum Gasteiger partial charge on any atom is 0.141 e. The minimum atomic E-state index is -0.462. The molecule has 0 saturated carbocycles. The van der Waals surface area contributed by atoms with Crippen LogP contribution in [0.25, 0.3) is 11.1 Å². The first-order valence-corrected chi connectivity index (χ1v) is 6.28. The summed E-state index contributed by atoms with van der Waals surface area (Å²) in [5.74, 6) is 0.817. The van der Waals surface area contributed by atoms with Crippen LogP contribution in [0.15, 0.2) is 22.7 Å². The van der Waals surface area contributed by atoms with Crippen molar-refractivity contribution in [3.8, 4) is 11.1 Å². The van der Waals surface area contributed by atoms with Crippen LogP contribution in [0.1, 0.15) is 42.5 Å². The Morgan fingerprint density at radius 1 is 1.28 bits per heavy atom. The molecule has 3 heteroatoms. The minimum absolute atomic E-state index is 0.462. The Kier molecular flexibility index (Phi) is 3.53. The number of hydrogen-bond acceptors (Lipinski definition) is 3. The molecule has 0 saturated heterocycles. The van der Waals surface area contributed by atoms with Crippen LogP contribution < -0.4 is 0 Å². The largest absolute Gasteiger partial charge is 0.389 e. The van der Waals surface area contributed by atoms with Gasteiger partial charge in [0.2, 0.25) is 0 Å². The van der Waals surface area contributed by atoms with Gasteiger partial charge in [-0.05, 0) is 49.9 Å². The zero-order valence-corrected chi connectivity index (χ0v) is 11.3. The molecule has 0 fully saturated rings. The predicted molar refractivity (Wildman–Crippen MR) is 71.4 cm³/mol. The van der Waals surface area contributed by atoms with E-state index in [-0.39, 0.29) is 0 Å². The van der Waals surface area contributed by atoms with Crippen molar-refractivity contribution in [3.05, 3.63) is 40.8 Å². The van der Waals surface area contributed by atoms with Crippen molar-refractivity contribution in [1.82, 2.24) is 5.16 Å². The molecule has 0 aliphatic carbocycles. The van der Waals surface area contributed by atoms with E-state index >= 15 is 0 Å². The van der Waals surface area contributed by atoms with Crippen LogP contribution in [-0.2, 0) is 6.42 Å². The molecule has 0 bridgehead atoms. The van der Waals surface area contributed by atoms with E-state index < -0.39 is 6.10 Å². The molecule has 1 aromatic carbocycles. The smallest absolute Gasteiger partial charge is 0.141 e. The van der Waals surface area contributed by atoms with Gasteiger partial charge in [-0.1, -0.05) is 24.2 Å². The maximum atomic E-state index is 9.77. The molecule has 0 aliphatic heterocycles. The third-order valence-corrected chi connectivity index (χ3v) is 3.23. The lowest BCUT2D eigenvalue weighted by Gasteiger charge is -2.10. The first-order chi connectivity index (χ1) is 8.52. The van der Waals surface area contributed by atoms with Crippen LogP contribution >= 0.6 is 0 Å². The molecule has 0 spiro atoms. The Hall–Kier alpha value is -1.61. The summed E-state index contributed by atoms with van der Waals surface area (Å²) in [6.07, 6.45) is 0.479. The number of nitrogens with zero attached hydrogens (tertiary/aromatic N) is 1. The highest BCUT2D eigenvalue weighted by molar-refractivity contribution is 5.69. The number of rotatable bonds is 3. The first kappa shape index (κ1) is 12.8. The topological polar surface area (TPSA) is 46.3 Å². The molecule has 2 rings (SSSR count). The zero-order chi connectivity index (χ0) is 13.3. The second kappa shape index (κ2) is 4.94. The van der Waals surface area contributed by atoms with Gasteiger partial charge in [-0.25, -0.2) is 0 Å². The number of aryl methyl sites for hydroxylation is 3. The Morgan fingerprint density at radius 2 is 2.00 bits per heavy atom. The van der Waals surface area contributed by atoms with Gasteiger partial charge in [0, 0.05) is 5.56 Å². The lowest BCUT2D eigenvalue weighted by Crippen LogP contribution is -1.95. The van der Waals surface area contributed by atoms with Crippen molar-refractivity contribution in [1.29, 1.82) is 0 Å². The fourth-order valence-corrected chi connectivity index (χ4v) is 2.20. The second-order valence-corrected chi connectivity index (χ2v) is 4.69. The highest BCUT2D eigenvalue weighted by Crippen LogP contribution is 2.30. The van der Waals surface area contributed by atoms with E-state index in [9.17, 15) is 5.11 Å². The molecule has 1 atom stereocenters. The number of aromatic nitrogens is 1. The lowest BCUT2D eigenvalue weighted by molar-refractivity contribution is 0.199. The molecule has 96 valence electrons. The van der Waals surface area contributed by atoms with Crippen molar-refractivity contribution >= 4 is 0 Å². The predicted octanol–water partition coefficient (Wildman–Crippen LogP) is 3.57. The summed E-state index contributed by atoms with van der Waals surface area (Å²) in [5, 5.41) is 13.8. The standard InChI is InChI=1S/C15H19NO2/c1-5-12-6-13(10(3)17)8-14(7-12)15-9(2)16-18-11(15)4/h6-8,10,17H,5H2,1-4H3. The molecule has 0 aliphatic rings. The van der Waals surface area contributed by atoms with Crippen molar-refractivity contribution in [2.45, 2.75) is 40.2 Å². The summed E-state index contributed by atoms with van der Waals surface area (Å²) in [6, 6.07) is 6.20. The summed E-state index contributed by atoms with van der Waals surface area (Å²) >= 11 is 0. The van der Waals surface area contributed by atoms with Gasteiger partial charge in [0.05, 0.1) is 11.8 Å². The molecule has 2 aromatic rings. The summed E-state index contributed by atoms with van der Waals surface area (Å²) in [7, 11) is 0. The molecule has 18 heavy (non-hydrogen) atoms. The van der Waals surface area contributed by atoms with Crippen LogP contribution in [0.5, 0.6) is 0 Å². The fraction of sp³-hybridized carbons (Fsp3) is 0.400. The number of hydrogen-bond donors (Lipinski definition) is 1. The van der Waals surface area contributed by atoms with Crippen molar-refractivity contribution in [2.24, 2.45) is 0 Å². The van der Waals surface area contributed by atoms with Crippen LogP contribution in [-0.4, -0.2) is 10.3 Å². The highest BCUT2D eigenvalue weighted by atomic mass is 16.5. The molecular formula is C15H19NO2. The lowest BCUT2D eigenvalue weighted by atomic mass is 9.96. The highest BCUT2D eigenvalue weighted by Gasteiger charge is 2.14. The Bertz CT molecular complexity index is 536. The van der Waals surface area contributed by atoms with Crippen molar-refractivity contribution in [2.75, 3.05) is 0 Å². The van der Waals surface area contributed by atoms with E-state index in [1.165, 1.54) is 5.56 Å². The number of benzene rings is 1. The van der Waals surface area contributed by atoms with Gasteiger partial charge in [-0.2, -0.15) is 0 Å². The fourth-order valence-electron chi connectivity index (χ4n) is 2.20. The molecular weight excluding hydrogens is 226 g/mol.